The Morgan fingerprint density at radius 2 is 1.63 bits per heavy atom. The third kappa shape index (κ3) is 2.52. The maximum absolute atomic E-state index is 11.8. The second-order valence-corrected chi connectivity index (χ2v) is 7.22. The summed E-state index contributed by atoms with van der Waals surface area (Å²) in [6.07, 6.45) is 0.703. The van der Waals surface area contributed by atoms with Crippen molar-refractivity contribution in [3.8, 4) is 0 Å². The first-order chi connectivity index (χ1) is 8.47. The number of rotatable bonds is 2. The van der Waals surface area contributed by atoms with Crippen LogP contribution in [0.2, 0.25) is 0 Å². The molecule has 19 heavy (non-hydrogen) atoms. The van der Waals surface area contributed by atoms with Crippen LogP contribution in [-0.2, 0) is 19.0 Å². The van der Waals surface area contributed by atoms with Crippen LogP contribution in [-0.4, -0.2) is 29.1 Å². The first-order valence-corrected chi connectivity index (χ1v) is 7.08. The van der Waals surface area contributed by atoms with E-state index in [-0.39, 0.29) is 29.5 Å². The molecule has 2 fully saturated rings. The van der Waals surface area contributed by atoms with Gasteiger partial charge in [0.05, 0.1) is 17.6 Å². The van der Waals surface area contributed by atoms with Crippen molar-refractivity contribution in [2.24, 2.45) is 11.8 Å². The minimum absolute atomic E-state index is 0.0361. The minimum Gasteiger partial charge on any atom is -0.459 e. The summed E-state index contributed by atoms with van der Waals surface area (Å²) in [6, 6.07) is 0. The van der Waals surface area contributed by atoms with E-state index in [1.807, 2.05) is 48.5 Å². The molecule has 0 N–H and O–H groups in total. The lowest BCUT2D eigenvalue weighted by Gasteiger charge is -2.33. The molecule has 0 aliphatic carbocycles. The molecule has 2 rings (SSSR count). The van der Waals surface area contributed by atoms with Gasteiger partial charge in [0, 0.05) is 12.3 Å². The van der Waals surface area contributed by atoms with E-state index in [1.54, 1.807) is 0 Å². The maximum Gasteiger partial charge on any atom is 0.309 e. The van der Waals surface area contributed by atoms with E-state index < -0.39 is 11.4 Å². The van der Waals surface area contributed by atoms with Gasteiger partial charge >= 0.3 is 5.97 Å². The highest BCUT2D eigenvalue weighted by atomic mass is 16.8. The third-order valence-electron chi connectivity index (χ3n) is 4.71. The molecule has 0 aromatic heterocycles. The van der Waals surface area contributed by atoms with Gasteiger partial charge in [-0.05, 0) is 41.5 Å². The molecule has 2 aliphatic heterocycles. The molecule has 4 nitrogen and oxygen atoms in total. The van der Waals surface area contributed by atoms with Crippen LogP contribution in [0.3, 0.4) is 0 Å². The van der Waals surface area contributed by atoms with E-state index in [1.165, 1.54) is 0 Å². The maximum atomic E-state index is 11.8. The summed E-state index contributed by atoms with van der Waals surface area (Å²) in [4.78, 5) is 11.8. The molecular formula is C15H26O4. The highest BCUT2D eigenvalue weighted by Crippen LogP contribution is 2.46. The lowest BCUT2D eigenvalue weighted by Crippen LogP contribution is -2.39. The van der Waals surface area contributed by atoms with Gasteiger partial charge in [0.1, 0.15) is 5.60 Å². The summed E-state index contributed by atoms with van der Waals surface area (Å²) in [5.41, 5.74) is -0.756. The van der Waals surface area contributed by atoms with E-state index >= 15 is 0 Å². The predicted molar refractivity (Wildman–Crippen MR) is 71.6 cm³/mol. The quantitative estimate of drug-likeness (QED) is 0.724. The Labute approximate surface area is 115 Å². The molecule has 1 unspecified atom stereocenters. The fraction of sp³-hybridized carbons (Fsp3) is 0.933. The molecule has 0 radical (unpaired) electrons. The predicted octanol–water partition coefficient (Wildman–Crippen LogP) is 2.89. The van der Waals surface area contributed by atoms with Crippen molar-refractivity contribution in [1.29, 1.82) is 0 Å². The third-order valence-corrected chi connectivity index (χ3v) is 4.71. The highest BCUT2D eigenvalue weighted by molar-refractivity contribution is 5.75. The Morgan fingerprint density at radius 3 is 2.00 bits per heavy atom. The smallest absolute Gasteiger partial charge is 0.309 e. The summed E-state index contributed by atoms with van der Waals surface area (Å²) in [5, 5.41) is 0. The van der Waals surface area contributed by atoms with Gasteiger partial charge in [-0.3, -0.25) is 4.79 Å². The van der Waals surface area contributed by atoms with E-state index in [2.05, 4.69) is 0 Å². The zero-order valence-electron chi connectivity index (χ0n) is 13.1. The van der Waals surface area contributed by atoms with E-state index in [4.69, 9.17) is 14.2 Å². The van der Waals surface area contributed by atoms with Crippen molar-refractivity contribution in [3.63, 3.8) is 0 Å². The SMILES string of the molecule is C[C@@H]1OC(C)(C[C@H]2[C@@H](C)C(=O)OC2(C)C)OC1(C)C. The second-order valence-electron chi connectivity index (χ2n) is 7.22. The zero-order valence-corrected chi connectivity index (χ0v) is 13.1. The molecule has 0 aromatic rings. The van der Waals surface area contributed by atoms with E-state index in [0.717, 1.165) is 0 Å². The van der Waals surface area contributed by atoms with Gasteiger partial charge in [-0.2, -0.15) is 0 Å². The Morgan fingerprint density at radius 1 is 1.05 bits per heavy atom. The summed E-state index contributed by atoms with van der Waals surface area (Å²) < 4.78 is 17.6. The number of hydrogen-bond donors (Lipinski definition) is 0. The van der Waals surface area contributed by atoms with Crippen molar-refractivity contribution in [2.45, 2.75) is 78.0 Å². The first-order valence-electron chi connectivity index (χ1n) is 7.08. The second kappa shape index (κ2) is 4.19. The molecule has 0 spiro atoms. The number of ether oxygens (including phenoxy) is 3. The van der Waals surface area contributed by atoms with Gasteiger partial charge in [-0.1, -0.05) is 6.92 Å². The summed E-state index contributed by atoms with van der Waals surface area (Å²) in [6.45, 7) is 13.9. The van der Waals surface area contributed by atoms with Gasteiger partial charge < -0.3 is 14.2 Å². The lowest BCUT2D eigenvalue weighted by atomic mass is 9.79. The normalized spacial score (nSPS) is 44.4. The van der Waals surface area contributed by atoms with Crippen molar-refractivity contribution in [3.05, 3.63) is 0 Å². The van der Waals surface area contributed by atoms with Crippen LogP contribution in [0.4, 0.5) is 0 Å². The molecule has 0 aromatic carbocycles. The molecule has 2 heterocycles. The van der Waals surface area contributed by atoms with Gasteiger partial charge in [0.25, 0.3) is 0 Å². The molecule has 0 saturated carbocycles. The average molecular weight is 270 g/mol. The summed E-state index contributed by atoms with van der Waals surface area (Å²) in [7, 11) is 0. The summed E-state index contributed by atoms with van der Waals surface area (Å²) in [5.74, 6) is -0.777. The highest BCUT2D eigenvalue weighted by Gasteiger charge is 2.54. The van der Waals surface area contributed by atoms with Crippen LogP contribution in [0.15, 0.2) is 0 Å². The van der Waals surface area contributed by atoms with E-state index in [0.29, 0.717) is 6.42 Å². The molecule has 2 aliphatic rings. The molecule has 0 amide bonds. The number of hydrogen-bond acceptors (Lipinski definition) is 4. The van der Waals surface area contributed by atoms with Gasteiger partial charge in [0.15, 0.2) is 5.79 Å². The van der Waals surface area contributed by atoms with Crippen LogP contribution in [0, 0.1) is 11.8 Å². The van der Waals surface area contributed by atoms with Crippen LogP contribution in [0.5, 0.6) is 0 Å². The van der Waals surface area contributed by atoms with Crippen LogP contribution >= 0.6 is 0 Å². The lowest BCUT2D eigenvalue weighted by molar-refractivity contribution is -0.190. The monoisotopic (exact) mass is 270 g/mol. The van der Waals surface area contributed by atoms with Crippen LogP contribution < -0.4 is 0 Å². The largest absolute Gasteiger partial charge is 0.459 e. The molecule has 4 heteroatoms. The number of carbonyl (C=O) groups is 1. The van der Waals surface area contributed by atoms with Crippen molar-refractivity contribution in [2.75, 3.05) is 0 Å². The Hall–Kier alpha value is -0.610. The van der Waals surface area contributed by atoms with Gasteiger partial charge in [0.2, 0.25) is 0 Å². The minimum atomic E-state index is -0.646. The molecule has 2 saturated heterocycles. The number of carbonyl (C=O) groups excluding carboxylic acids is 1. The van der Waals surface area contributed by atoms with Gasteiger partial charge in [-0.15, -0.1) is 0 Å². The standard InChI is InChI=1S/C15H26O4/c1-9-11(14(5,6)18-12(9)16)8-15(7)17-10(2)13(3,4)19-15/h9-11H,8H2,1-7H3/t9-,10+,11+,15?/m1/s1. The number of esters is 1. The number of cyclic esters (lactones) is 1. The van der Waals surface area contributed by atoms with E-state index in [9.17, 15) is 4.79 Å². The Kier molecular flexibility index (Phi) is 3.26. The van der Waals surface area contributed by atoms with Crippen LogP contribution in [0.25, 0.3) is 0 Å². The Bertz CT molecular complexity index is 388. The van der Waals surface area contributed by atoms with Crippen molar-refractivity contribution < 1.29 is 19.0 Å². The molecule has 4 atom stereocenters. The molecule has 0 bridgehead atoms. The average Bonchev–Trinajstić information content (AvgIpc) is 2.52. The first kappa shape index (κ1) is 14.8. The van der Waals surface area contributed by atoms with Crippen molar-refractivity contribution >= 4 is 5.97 Å². The van der Waals surface area contributed by atoms with Gasteiger partial charge in [-0.25, -0.2) is 0 Å². The molecule has 110 valence electrons. The Balaban J connectivity index is 2.15. The molecular weight excluding hydrogens is 244 g/mol. The zero-order chi connectivity index (χ0) is 14.6. The topological polar surface area (TPSA) is 44.8 Å². The fourth-order valence-electron chi connectivity index (χ4n) is 3.29. The summed E-state index contributed by atoms with van der Waals surface area (Å²) >= 11 is 0. The fourth-order valence-corrected chi connectivity index (χ4v) is 3.29. The van der Waals surface area contributed by atoms with Crippen LogP contribution in [0.1, 0.15) is 54.9 Å². The van der Waals surface area contributed by atoms with Crippen molar-refractivity contribution in [1.82, 2.24) is 0 Å².